The van der Waals surface area contributed by atoms with Crippen molar-refractivity contribution in [1.29, 1.82) is 0 Å². The molecule has 1 fully saturated rings. The monoisotopic (exact) mass is 220 g/mol. The van der Waals surface area contributed by atoms with Gasteiger partial charge in [-0.1, -0.05) is 12.8 Å². The van der Waals surface area contributed by atoms with Crippen LogP contribution in [0, 0.1) is 5.82 Å². The highest BCUT2D eigenvalue weighted by atomic mass is 19.1. The Kier molecular flexibility index (Phi) is 2.23. The van der Waals surface area contributed by atoms with Gasteiger partial charge in [-0.15, -0.1) is 5.10 Å². The molecule has 1 saturated carbocycles. The zero-order chi connectivity index (χ0) is 11.0. The van der Waals surface area contributed by atoms with Crippen LogP contribution in [-0.4, -0.2) is 20.6 Å². The minimum Gasteiger partial charge on any atom is -0.350 e. The number of fused-ring (bicyclic) bond motifs is 1. The third kappa shape index (κ3) is 1.73. The van der Waals surface area contributed by atoms with Gasteiger partial charge in [0, 0.05) is 6.04 Å². The molecular weight excluding hydrogens is 207 g/mol. The summed E-state index contributed by atoms with van der Waals surface area (Å²) in [5, 5.41) is 7.48. The van der Waals surface area contributed by atoms with E-state index in [1.165, 1.54) is 42.5 Å². The van der Waals surface area contributed by atoms with Crippen molar-refractivity contribution in [3.63, 3.8) is 0 Å². The molecule has 5 heteroatoms. The number of halogens is 1. The van der Waals surface area contributed by atoms with E-state index in [0.29, 0.717) is 17.6 Å². The van der Waals surface area contributed by atoms with Crippen molar-refractivity contribution in [3.8, 4) is 0 Å². The molecule has 0 aliphatic heterocycles. The summed E-state index contributed by atoms with van der Waals surface area (Å²) in [6.07, 6.45) is 6.20. The van der Waals surface area contributed by atoms with Crippen LogP contribution in [0.15, 0.2) is 18.3 Å². The Morgan fingerprint density at radius 3 is 2.94 bits per heavy atom. The fraction of sp³-hybridized carbons (Fsp3) is 0.455. The summed E-state index contributed by atoms with van der Waals surface area (Å²) in [5.41, 5.74) is 0.668. The molecule has 0 atom stereocenters. The van der Waals surface area contributed by atoms with Crippen molar-refractivity contribution in [2.75, 3.05) is 5.32 Å². The quantitative estimate of drug-likeness (QED) is 0.843. The predicted molar refractivity (Wildman–Crippen MR) is 58.8 cm³/mol. The smallest absolute Gasteiger partial charge is 0.243 e. The average molecular weight is 220 g/mol. The van der Waals surface area contributed by atoms with Crippen molar-refractivity contribution in [3.05, 3.63) is 24.1 Å². The van der Waals surface area contributed by atoms with E-state index in [0.717, 1.165) is 0 Å². The second kappa shape index (κ2) is 3.73. The van der Waals surface area contributed by atoms with E-state index < -0.39 is 0 Å². The molecule has 0 spiro atoms. The number of anilines is 1. The lowest BCUT2D eigenvalue weighted by Crippen LogP contribution is -2.15. The van der Waals surface area contributed by atoms with E-state index in [1.54, 1.807) is 6.07 Å². The molecule has 0 saturated heterocycles. The van der Waals surface area contributed by atoms with E-state index >= 15 is 0 Å². The molecule has 3 rings (SSSR count). The molecule has 0 unspecified atom stereocenters. The molecular formula is C11H13FN4. The highest BCUT2D eigenvalue weighted by Gasteiger charge is 2.16. The molecule has 0 bridgehead atoms. The largest absolute Gasteiger partial charge is 0.350 e. The molecule has 4 nitrogen and oxygen atoms in total. The lowest BCUT2D eigenvalue weighted by molar-refractivity contribution is 0.614. The van der Waals surface area contributed by atoms with E-state index in [1.807, 2.05) is 0 Å². The van der Waals surface area contributed by atoms with Gasteiger partial charge in [-0.3, -0.25) is 0 Å². The van der Waals surface area contributed by atoms with Gasteiger partial charge in [0.15, 0.2) is 5.65 Å². The van der Waals surface area contributed by atoms with Gasteiger partial charge in [0.25, 0.3) is 0 Å². The van der Waals surface area contributed by atoms with Crippen molar-refractivity contribution in [2.45, 2.75) is 31.7 Å². The topological polar surface area (TPSA) is 42.2 Å². The maximum atomic E-state index is 12.9. The van der Waals surface area contributed by atoms with Crippen LogP contribution in [0.5, 0.6) is 0 Å². The molecule has 2 aromatic rings. The number of aromatic nitrogens is 3. The molecule has 0 amide bonds. The van der Waals surface area contributed by atoms with Crippen LogP contribution < -0.4 is 5.32 Å². The first-order chi connectivity index (χ1) is 7.81. The van der Waals surface area contributed by atoms with Gasteiger partial charge < -0.3 is 5.32 Å². The molecule has 0 aromatic carbocycles. The van der Waals surface area contributed by atoms with Crippen LogP contribution in [0.2, 0.25) is 0 Å². The fourth-order valence-corrected chi connectivity index (χ4v) is 2.17. The van der Waals surface area contributed by atoms with Crippen molar-refractivity contribution in [1.82, 2.24) is 14.6 Å². The standard InChI is InChI=1S/C11H13FN4/c12-8-5-6-10-14-11(15-16(10)7-8)13-9-3-1-2-4-9/h5-7,9H,1-4H2,(H,13,15). The first-order valence-electron chi connectivity index (χ1n) is 5.60. The zero-order valence-electron chi connectivity index (χ0n) is 8.86. The van der Waals surface area contributed by atoms with Gasteiger partial charge in [-0.05, 0) is 25.0 Å². The Labute approximate surface area is 92.5 Å². The van der Waals surface area contributed by atoms with E-state index in [9.17, 15) is 4.39 Å². The van der Waals surface area contributed by atoms with Crippen molar-refractivity contribution < 1.29 is 4.39 Å². The normalized spacial score (nSPS) is 17.1. The van der Waals surface area contributed by atoms with Gasteiger partial charge in [0.1, 0.15) is 5.82 Å². The fourth-order valence-electron chi connectivity index (χ4n) is 2.17. The summed E-state index contributed by atoms with van der Waals surface area (Å²) in [6, 6.07) is 3.49. The highest BCUT2D eigenvalue weighted by Crippen LogP contribution is 2.21. The van der Waals surface area contributed by atoms with Crippen molar-refractivity contribution in [2.24, 2.45) is 0 Å². The van der Waals surface area contributed by atoms with Crippen LogP contribution in [0.25, 0.3) is 5.65 Å². The van der Waals surface area contributed by atoms with E-state index in [4.69, 9.17) is 0 Å². The first kappa shape index (κ1) is 9.57. The van der Waals surface area contributed by atoms with Crippen LogP contribution >= 0.6 is 0 Å². The number of hydrogen-bond donors (Lipinski definition) is 1. The average Bonchev–Trinajstić information content (AvgIpc) is 2.86. The predicted octanol–water partition coefficient (Wildman–Crippen LogP) is 2.22. The molecule has 84 valence electrons. The SMILES string of the molecule is Fc1ccc2nc(NC3CCCC3)nn2c1. The summed E-state index contributed by atoms with van der Waals surface area (Å²) in [6.45, 7) is 0. The Morgan fingerprint density at radius 1 is 1.31 bits per heavy atom. The molecule has 0 radical (unpaired) electrons. The molecule has 1 N–H and O–H groups in total. The minimum absolute atomic E-state index is 0.301. The third-order valence-electron chi connectivity index (χ3n) is 2.98. The van der Waals surface area contributed by atoms with E-state index in [-0.39, 0.29) is 5.82 Å². The van der Waals surface area contributed by atoms with Crippen LogP contribution in [-0.2, 0) is 0 Å². The number of nitrogens with zero attached hydrogens (tertiary/aromatic N) is 3. The van der Waals surface area contributed by atoms with Gasteiger partial charge >= 0.3 is 0 Å². The maximum Gasteiger partial charge on any atom is 0.243 e. The lowest BCUT2D eigenvalue weighted by Gasteiger charge is -2.08. The number of pyridine rings is 1. The second-order valence-electron chi connectivity index (χ2n) is 4.21. The number of rotatable bonds is 2. The summed E-state index contributed by atoms with van der Waals surface area (Å²) in [5.74, 6) is 0.294. The first-order valence-corrected chi connectivity index (χ1v) is 5.60. The second-order valence-corrected chi connectivity index (χ2v) is 4.21. The highest BCUT2D eigenvalue weighted by molar-refractivity contribution is 5.43. The van der Waals surface area contributed by atoms with Gasteiger partial charge in [-0.2, -0.15) is 4.98 Å². The van der Waals surface area contributed by atoms with Gasteiger partial charge in [-0.25, -0.2) is 8.91 Å². The Balaban J connectivity index is 1.86. The summed E-state index contributed by atoms with van der Waals surface area (Å²) in [4.78, 5) is 4.29. The molecule has 1 aliphatic rings. The van der Waals surface area contributed by atoms with E-state index in [2.05, 4.69) is 15.4 Å². The molecule has 1 aliphatic carbocycles. The Bertz CT molecular complexity index is 502. The Morgan fingerprint density at radius 2 is 2.12 bits per heavy atom. The number of nitrogens with one attached hydrogen (secondary N) is 1. The van der Waals surface area contributed by atoms with Crippen LogP contribution in [0.3, 0.4) is 0 Å². The summed E-state index contributed by atoms with van der Waals surface area (Å²) < 4.78 is 14.4. The van der Waals surface area contributed by atoms with Crippen molar-refractivity contribution >= 4 is 11.6 Å². The lowest BCUT2D eigenvalue weighted by atomic mass is 10.3. The Hall–Kier alpha value is -1.65. The summed E-state index contributed by atoms with van der Waals surface area (Å²) in [7, 11) is 0. The molecule has 16 heavy (non-hydrogen) atoms. The maximum absolute atomic E-state index is 12.9. The number of hydrogen-bond acceptors (Lipinski definition) is 3. The van der Waals surface area contributed by atoms with Gasteiger partial charge in [0.2, 0.25) is 5.95 Å². The summed E-state index contributed by atoms with van der Waals surface area (Å²) >= 11 is 0. The minimum atomic E-state index is -0.301. The molecule has 2 heterocycles. The molecule has 2 aromatic heterocycles. The third-order valence-corrected chi connectivity index (χ3v) is 2.98. The van der Waals surface area contributed by atoms with Crippen LogP contribution in [0.1, 0.15) is 25.7 Å². The zero-order valence-corrected chi connectivity index (χ0v) is 8.86. The van der Waals surface area contributed by atoms with Crippen LogP contribution in [0.4, 0.5) is 10.3 Å². The van der Waals surface area contributed by atoms with Gasteiger partial charge in [0.05, 0.1) is 6.20 Å².